The normalized spacial score (nSPS) is 11.7. The number of nitrogens with zero attached hydrogens (tertiary/aromatic N) is 1. The fourth-order valence-corrected chi connectivity index (χ4v) is 4.64. The molecule has 2 N–H and O–H groups in total. The van der Waals surface area contributed by atoms with Crippen LogP contribution in [0.3, 0.4) is 0 Å². The number of aryl methyl sites for hydroxylation is 1. The predicted octanol–water partition coefficient (Wildman–Crippen LogP) is 6.99. The standard InChI is InChI=1S/C31H42N2O3/c1-6-8-18-36-29-14-12-28(13-15-29)33(27(7-2)16-17-32)22-24-10-9-11-25(20-24)26-19-23(3)31(35-5)30(21-26)34-4/h9-15,19-21,27H,6-8,16-18,22,32H2,1-5H3. The maximum Gasteiger partial charge on any atom is 0.163 e. The highest BCUT2D eigenvalue weighted by Crippen LogP contribution is 2.36. The molecule has 0 aliphatic rings. The third-order valence-electron chi connectivity index (χ3n) is 6.62. The fraction of sp³-hybridized carbons (Fsp3) is 0.419. The van der Waals surface area contributed by atoms with Crippen molar-refractivity contribution in [2.24, 2.45) is 5.73 Å². The summed E-state index contributed by atoms with van der Waals surface area (Å²) < 4.78 is 17.0. The van der Waals surface area contributed by atoms with E-state index in [2.05, 4.69) is 73.3 Å². The van der Waals surface area contributed by atoms with Gasteiger partial charge in [0.1, 0.15) is 5.75 Å². The summed E-state index contributed by atoms with van der Waals surface area (Å²) in [4.78, 5) is 2.47. The van der Waals surface area contributed by atoms with Gasteiger partial charge in [-0.05, 0) is 97.4 Å². The van der Waals surface area contributed by atoms with Crippen LogP contribution in [0.5, 0.6) is 17.2 Å². The lowest BCUT2D eigenvalue weighted by molar-refractivity contribution is 0.309. The Morgan fingerprint density at radius 2 is 1.69 bits per heavy atom. The molecule has 3 rings (SSSR count). The molecule has 0 heterocycles. The van der Waals surface area contributed by atoms with Gasteiger partial charge in [-0.25, -0.2) is 0 Å². The molecule has 194 valence electrons. The van der Waals surface area contributed by atoms with Gasteiger partial charge in [0.15, 0.2) is 11.5 Å². The molecular weight excluding hydrogens is 448 g/mol. The lowest BCUT2D eigenvalue weighted by atomic mass is 9.99. The molecule has 36 heavy (non-hydrogen) atoms. The first kappa shape index (κ1) is 27.4. The first-order valence-corrected chi connectivity index (χ1v) is 13.1. The molecule has 5 heteroatoms. The van der Waals surface area contributed by atoms with Crippen LogP contribution in [0.15, 0.2) is 60.7 Å². The van der Waals surface area contributed by atoms with Crippen molar-refractivity contribution in [2.45, 2.75) is 59.0 Å². The lowest BCUT2D eigenvalue weighted by Gasteiger charge is -2.33. The Kier molecular flexibility index (Phi) is 10.5. The highest BCUT2D eigenvalue weighted by molar-refractivity contribution is 5.70. The number of anilines is 1. The summed E-state index contributed by atoms with van der Waals surface area (Å²) in [5.41, 5.74) is 11.8. The Hall–Kier alpha value is -3.18. The topological polar surface area (TPSA) is 57.0 Å². The van der Waals surface area contributed by atoms with Crippen molar-refractivity contribution < 1.29 is 14.2 Å². The first-order chi connectivity index (χ1) is 17.5. The molecule has 0 spiro atoms. The van der Waals surface area contributed by atoms with Gasteiger partial charge in [-0.2, -0.15) is 0 Å². The SMILES string of the molecule is CCCCOc1ccc(N(Cc2cccc(-c3cc(C)c(OC)c(OC)c3)c2)C(CC)CCN)cc1. The van der Waals surface area contributed by atoms with Crippen LogP contribution in [0.2, 0.25) is 0 Å². The summed E-state index contributed by atoms with van der Waals surface area (Å²) in [7, 11) is 3.35. The van der Waals surface area contributed by atoms with E-state index in [4.69, 9.17) is 19.9 Å². The van der Waals surface area contributed by atoms with E-state index >= 15 is 0 Å². The zero-order valence-corrected chi connectivity index (χ0v) is 22.5. The van der Waals surface area contributed by atoms with E-state index in [1.165, 1.54) is 11.3 Å². The van der Waals surface area contributed by atoms with E-state index in [1.54, 1.807) is 14.2 Å². The largest absolute Gasteiger partial charge is 0.494 e. The maximum absolute atomic E-state index is 6.00. The average Bonchev–Trinajstić information content (AvgIpc) is 2.91. The molecule has 0 amide bonds. The fourth-order valence-electron chi connectivity index (χ4n) is 4.64. The number of benzene rings is 3. The maximum atomic E-state index is 6.00. The molecule has 3 aromatic rings. The quantitative estimate of drug-likeness (QED) is 0.247. The van der Waals surface area contributed by atoms with E-state index in [0.29, 0.717) is 12.6 Å². The highest BCUT2D eigenvalue weighted by Gasteiger charge is 2.18. The second kappa shape index (κ2) is 13.8. The molecule has 0 aliphatic heterocycles. The summed E-state index contributed by atoms with van der Waals surface area (Å²) in [6.45, 7) is 8.68. The van der Waals surface area contributed by atoms with E-state index in [-0.39, 0.29) is 0 Å². The van der Waals surface area contributed by atoms with Crippen LogP contribution < -0.4 is 24.8 Å². The van der Waals surface area contributed by atoms with Crippen molar-refractivity contribution in [3.8, 4) is 28.4 Å². The second-order valence-corrected chi connectivity index (χ2v) is 9.19. The minimum atomic E-state index is 0.355. The van der Waals surface area contributed by atoms with E-state index in [9.17, 15) is 0 Å². The van der Waals surface area contributed by atoms with Crippen molar-refractivity contribution in [1.29, 1.82) is 0 Å². The molecule has 0 fully saturated rings. The minimum absolute atomic E-state index is 0.355. The average molecular weight is 491 g/mol. The van der Waals surface area contributed by atoms with Gasteiger partial charge < -0.3 is 24.8 Å². The van der Waals surface area contributed by atoms with Gasteiger partial charge in [-0.1, -0.05) is 38.5 Å². The predicted molar refractivity (Wildman–Crippen MR) is 150 cm³/mol. The zero-order valence-electron chi connectivity index (χ0n) is 22.5. The molecule has 0 saturated carbocycles. The molecular formula is C31H42N2O3. The van der Waals surface area contributed by atoms with Crippen molar-refractivity contribution in [3.05, 3.63) is 71.8 Å². The molecule has 0 bridgehead atoms. The highest BCUT2D eigenvalue weighted by atomic mass is 16.5. The Morgan fingerprint density at radius 1 is 0.917 bits per heavy atom. The lowest BCUT2D eigenvalue weighted by Crippen LogP contribution is -2.36. The Balaban J connectivity index is 1.90. The number of rotatable bonds is 14. The van der Waals surface area contributed by atoms with Gasteiger partial charge in [-0.3, -0.25) is 0 Å². The molecule has 0 radical (unpaired) electrons. The van der Waals surface area contributed by atoms with Crippen LogP contribution in [0.1, 0.15) is 50.7 Å². The molecule has 1 unspecified atom stereocenters. The van der Waals surface area contributed by atoms with Crippen LogP contribution in [0.4, 0.5) is 5.69 Å². The van der Waals surface area contributed by atoms with Crippen molar-refractivity contribution >= 4 is 5.69 Å². The van der Waals surface area contributed by atoms with Crippen molar-refractivity contribution in [3.63, 3.8) is 0 Å². The summed E-state index contributed by atoms with van der Waals surface area (Å²) >= 11 is 0. The van der Waals surface area contributed by atoms with Gasteiger partial charge in [0.2, 0.25) is 0 Å². The Labute approximate surface area is 217 Å². The molecule has 0 saturated heterocycles. The van der Waals surface area contributed by atoms with Gasteiger partial charge in [0.05, 0.1) is 20.8 Å². The van der Waals surface area contributed by atoms with Crippen LogP contribution in [0.25, 0.3) is 11.1 Å². The van der Waals surface area contributed by atoms with Crippen molar-refractivity contribution in [1.82, 2.24) is 0 Å². The minimum Gasteiger partial charge on any atom is -0.494 e. The van der Waals surface area contributed by atoms with Crippen LogP contribution >= 0.6 is 0 Å². The van der Waals surface area contributed by atoms with Gasteiger partial charge in [0.25, 0.3) is 0 Å². The smallest absolute Gasteiger partial charge is 0.163 e. The van der Waals surface area contributed by atoms with E-state index in [0.717, 1.165) is 72.8 Å². The summed E-state index contributed by atoms with van der Waals surface area (Å²) in [6.07, 6.45) is 4.17. The molecule has 0 aliphatic carbocycles. The van der Waals surface area contributed by atoms with Gasteiger partial charge in [-0.15, -0.1) is 0 Å². The van der Waals surface area contributed by atoms with Gasteiger partial charge in [0, 0.05) is 18.3 Å². The third-order valence-corrected chi connectivity index (χ3v) is 6.62. The second-order valence-electron chi connectivity index (χ2n) is 9.19. The van der Waals surface area contributed by atoms with E-state index < -0.39 is 0 Å². The molecule has 3 aromatic carbocycles. The van der Waals surface area contributed by atoms with Crippen LogP contribution in [0, 0.1) is 6.92 Å². The molecule has 5 nitrogen and oxygen atoms in total. The molecule has 1 atom stereocenters. The number of ether oxygens (including phenoxy) is 3. The summed E-state index contributed by atoms with van der Waals surface area (Å²) in [5.74, 6) is 2.44. The molecule has 0 aromatic heterocycles. The number of hydrogen-bond acceptors (Lipinski definition) is 5. The number of hydrogen-bond donors (Lipinski definition) is 1. The van der Waals surface area contributed by atoms with Crippen molar-refractivity contribution in [2.75, 3.05) is 32.3 Å². The Morgan fingerprint density at radius 3 is 2.33 bits per heavy atom. The summed E-state index contributed by atoms with van der Waals surface area (Å²) in [6, 6.07) is 21.8. The zero-order chi connectivity index (χ0) is 25.9. The van der Waals surface area contributed by atoms with E-state index in [1.807, 2.05) is 13.0 Å². The Bertz CT molecular complexity index is 1080. The number of nitrogens with two attached hydrogens (primary N) is 1. The van der Waals surface area contributed by atoms with Crippen LogP contribution in [-0.4, -0.2) is 33.4 Å². The number of methoxy groups -OCH3 is 2. The monoisotopic (exact) mass is 490 g/mol. The van der Waals surface area contributed by atoms with Gasteiger partial charge >= 0.3 is 0 Å². The summed E-state index contributed by atoms with van der Waals surface area (Å²) in [5, 5.41) is 0. The first-order valence-electron chi connectivity index (χ1n) is 13.1. The van der Waals surface area contributed by atoms with Crippen LogP contribution in [-0.2, 0) is 6.54 Å². The number of unbranched alkanes of at least 4 members (excludes halogenated alkanes) is 1. The third kappa shape index (κ3) is 6.94.